The summed E-state index contributed by atoms with van der Waals surface area (Å²) < 4.78 is 33.2. The first kappa shape index (κ1) is 29.1. The normalized spacial score (nSPS) is 15.6. The second-order valence-corrected chi connectivity index (χ2v) is 10.1. The second kappa shape index (κ2) is 13.5. The van der Waals surface area contributed by atoms with Crippen LogP contribution in [0, 0.1) is 12.7 Å². The standard InChI is InChI=1S/C32H33FN4O5/c1-21-3-5-22(6-4-21)15-34-32(39)30-28(20-42-31(30)24-9-11-25(33)12-10-24)29(17-37-16-26(18-38)35-36-37)41-19-23-7-13-27(40-2)14-8-23/h3-14,16,29,31,38H,15,17-20H2,1-2H3,(H,34,39). The van der Waals surface area contributed by atoms with Gasteiger partial charge in [-0.05, 0) is 53.5 Å². The summed E-state index contributed by atoms with van der Waals surface area (Å²) in [6, 6.07) is 21.4. The molecule has 0 aliphatic carbocycles. The number of nitrogens with zero attached hydrogens (tertiary/aromatic N) is 3. The summed E-state index contributed by atoms with van der Waals surface area (Å²) in [5.41, 5.74) is 5.14. The van der Waals surface area contributed by atoms with E-state index in [-0.39, 0.29) is 38.1 Å². The Hall–Kier alpha value is -4.38. The molecule has 1 aromatic heterocycles. The molecule has 4 aromatic rings. The fourth-order valence-electron chi connectivity index (χ4n) is 4.77. The fraction of sp³-hybridized carbons (Fsp3) is 0.281. The Morgan fingerprint density at radius 2 is 1.81 bits per heavy atom. The number of carbonyl (C=O) groups is 1. The van der Waals surface area contributed by atoms with E-state index in [0.717, 1.165) is 22.4 Å². The molecule has 1 aliphatic rings. The zero-order valence-corrected chi connectivity index (χ0v) is 23.5. The summed E-state index contributed by atoms with van der Waals surface area (Å²) in [6.45, 7) is 2.69. The molecule has 5 rings (SSSR count). The van der Waals surface area contributed by atoms with Crippen LogP contribution in [0.2, 0.25) is 0 Å². The molecule has 1 amide bonds. The summed E-state index contributed by atoms with van der Waals surface area (Å²) in [5, 5.41) is 20.6. The van der Waals surface area contributed by atoms with Gasteiger partial charge in [0.05, 0.1) is 45.2 Å². The molecule has 42 heavy (non-hydrogen) atoms. The number of hydrogen-bond donors (Lipinski definition) is 2. The Balaban J connectivity index is 1.48. The number of amides is 1. The Morgan fingerprint density at radius 1 is 1.10 bits per heavy atom. The average molecular weight is 573 g/mol. The predicted molar refractivity (Wildman–Crippen MR) is 153 cm³/mol. The van der Waals surface area contributed by atoms with E-state index < -0.39 is 12.2 Å². The van der Waals surface area contributed by atoms with E-state index in [9.17, 15) is 14.3 Å². The molecule has 2 N–H and O–H groups in total. The Labute approximate surface area is 243 Å². The first-order chi connectivity index (χ1) is 20.4. The molecule has 2 atom stereocenters. The monoisotopic (exact) mass is 572 g/mol. The first-order valence-electron chi connectivity index (χ1n) is 13.6. The van der Waals surface area contributed by atoms with Crippen LogP contribution in [0.3, 0.4) is 0 Å². The topological polar surface area (TPSA) is 108 Å². The third-order valence-electron chi connectivity index (χ3n) is 7.10. The number of aromatic nitrogens is 3. The van der Waals surface area contributed by atoms with Crippen molar-refractivity contribution in [1.29, 1.82) is 0 Å². The van der Waals surface area contributed by atoms with E-state index in [1.165, 1.54) is 12.1 Å². The quantitative estimate of drug-likeness (QED) is 0.262. The maximum atomic E-state index is 13.8. The molecule has 218 valence electrons. The van der Waals surface area contributed by atoms with E-state index in [4.69, 9.17) is 14.2 Å². The summed E-state index contributed by atoms with van der Waals surface area (Å²) in [6.07, 6.45) is 0.301. The maximum absolute atomic E-state index is 13.8. The highest BCUT2D eigenvalue weighted by atomic mass is 19.1. The van der Waals surface area contributed by atoms with Gasteiger partial charge in [0.2, 0.25) is 0 Å². The number of benzene rings is 3. The Kier molecular flexibility index (Phi) is 9.38. The molecule has 0 saturated carbocycles. The van der Waals surface area contributed by atoms with Crippen LogP contribution in [0.1, 0.15) is 34.1 Å². The minimum Gasteiger partial charge on any atom is -0.497 e. The van der Waals surface area contributed by atoms with Crippen LogP contribution in [-0.4, -0.2) is 45.8 Å². The van der Waals surface area contributed by atoms with E-state index in [1.54, 1.807) is 30.1 Å². The van der Waals surface area contributed by atoms with Crippen LogP contribution in [0.15, 0.2) is 90.1 Å². The van der Waals surface area contributed by atoms with Crippen LogP contribution in [0.5, 0.6) is 5.75 Å². The maximum Gasteiger partial charge on any atom is 0.250 e. The predicted octanol–water partition coefficient (Wildman–Crippen LogP) is 4.20. The molecule has 0 bridgehead atoms. The van der Waals surface area contributed by atoms with Gasteiger partial charge in [-0.2, -0.15) is 0 Å². The van der Waals surface area contributed by atoms with Crippen molar-refractivity contribution in [3.8, 4) is 5.75 Å². The molecular weight excluding hydrogens is 539 g/mol. The van der Waals surface area contributed by atoms with Crippen molar-refractivity contribution < 1.29 is 28.5 Å². The lowest BCUT2D eigenvalue weighted by molar-refractivity contribution is -0.118. The van der Waals surface area contributed by atoms with Crippen molar-refractivity contribution in [3.05, 3.63) is 124 Å². The number of methoxy groups -OCH3 is 1. The number of nitrogens with one attached hydrogen (secondary N) is 1. The van der Waals surface area contributed by atoms with Gasteiger partial charge < -0.3 is 24.6 Å². The van der Waals surface area contributed by atoms with Crippen molar-refractivity contribution in [2.24, 2.45) is 0 Å². The van der Waals surface area contributed by atoms with Gasteiger partial charge >= 0.3 is 0 Å². The number of halogens is 1. The third-order valence-corrected chi connectivity index (χ3v) is 7.10. The van der Waals surface area contributed by atoms with Crippen molar-refractivity contribution in [3.63, 3.8) is 0 Å². The van der Waals surface area contributed by atoms with Crippen LogP contribution in [0.4, 0.5) is 4.39 Å². The van der Waals surface area contributed by atoms with E-state index in [0.29, 0.717) is 28.9 Å². The molecule has 9 nitrogen and oxygen atoms in total. The van der Waals surface area contributed by atoms with Crippen molar-refractivity contribution in [1.82, 2.24) is 20.3 Å². The van der Waals surface area contributed by atoms with Gasteiger partial charge in [-0.15, -0.1) is 5.10 Å². The number of hydrogen-bond acceptors (Lipinski definition) is 7. The summed E-state index contributed by atoms with van der Waals surface area (Å²) in [4.78, 5) is 13.8. The van der Waals surface area contributed by atoms with Crippen LogP contribution in [0.25, 0.3) is 0 Å². The number of aliphatic hydroxyl groups is 1. The average Bonchev–Trinajstić information content (AvgIpc) is 3.67. The molecule has 1 aliphatic heterocycles. The van der Waals surface area contributed by atoms with Gasteiger partial charge in [0.25, 0.3) is 5.91 Å². The Bertz CT molecular complexity index is 1520. The van der Waals surface area contributed by atoms with Gasteiger partial charge in [0.1, 0.15) is 29.5 Å². The minimum atomic E-state index is -0.713. The number of aliphatic hydroxyl groups excluding tert-OH is 1. The smallest absolute Gasteiger partial charge is 0.250 e. The van der Waals surface area contributed by atoms with Crippen molar-refractivity contribution in [2.75, 3.05) is 13.7 Å². The molecule has 2 unspecified atom stereocenters. The summed E-state index contributed by atoms with van der Waals surface area (Å²) >= 11 is 0. The highest BCUT2D eigenvalue weighted by Gasteiger charge is 2.37. The molecule has 0 fully saturated rings. The highest BCUT2D eigenvalue weighted by molar-refractivity contribution is 5.96. The summed E-state index contributed by atoms with van der Waals surface area (Å²) in [5.74, 6) is 0.0546. The molecule has 2 heterocycles. The molecular formula is C32H33FN4O5. The molecule has 0 spiro atoms. The van der Waals surface area contributed by atoms with Gasteiger partial charge in [0, 0.05) is 6.54 Å². The number of aryl methyl sites for hydroxylation is 1. The highest BCUT2D eigenvalue weighted by Crippen LogP contribution is 2.37. The molecule has 3 aromatic carbocycles. The fourth-order valence-corrected chi connectivity index (χ4v) is 4.77. The zero-order valence-electron chi connectivity index (χ0n) is 23.5. The molecule has 0 radical (unpaired) electrons. The lowest BCUT2D eigenvalue weighted by Crippen LogP contribution is -2.30. The van der Waals surface area contributed by atoms with Gasteiger partial charge in [-0.1, -0.05) is 59.3 Å². The summed E-state index contributed by atoms with van der Waals surface area (Å²) in [7, 11) is 1.61. The molecule has 10 heteroatoms. The molecule has 0 saturated heterocycles. The third kappa shape index (κ3) is 7.09. The lowest BCUT2D eigenvalue weighted by atomic mass is 9.95. The first-order valence-corrected chi connectivity index (χ1v) is 13.6. The van der Waals surface area contributed by atoms with Gasteiger partial charge in [0.15, 0.2) is 0 Å². The second-order valence-electron chi connectivity index (χ2n) is 10.1. The number of ether oxygens (including phenoxy) is 3. The van der Waals surface area contributed by atoms with Crippen molar-refractivity contribution >= 4 is 5.91 Å². The van der Waals surface area contributed by atoms with E-state index in [1.807, 2.05) is 55.5 Å². The van der Waals surface area contributed by atoms with E-state index in [2.05, 4.69) is 15.6 Å². The number of rotatable bonds is 12. The minimum absolute atomic E-state index is 0.129. The van der Waals surface area contributed by atoms with Gasteiger partial charge in [-0.3, -0.25) is 4.79 Å². The lowest BCUT2D eigenvalue weighted by Gasteiger charge is -2.21. The Morgan fingerprint density at radius 3 is 2.48 bits per heavy atom. The SMILES string of the molecule is COc1ccc(COC(Cn2cc(CO)nn2)C2=C(C(=O)NCc3ccc(C)cc3)C(c3ccc(F)cc3)OC2)cc1. The number of carbonyl (C=O) groups excluding carboxylic acids is 1. The van der Waals surface area contributed by atoms with Crippen molar-refractivity contribution in [2.45, 2.75) is 45.4 Å². The van der Waals surface area contributed by atoms with Crippen LogP contribution < -0.4 is 10.1 Å². The van der Waals surface area contributed by atoms with Gasteiger partial charge in [-0.25, -0.2) is 9.07 Å². The van der Waals surface area contributed by atoms with E-state index >= 15 is 0 Å². The largest absolute Gasteiger partial charge is 0.497 e. The van der Waals surface area contributed by atoms with Crippen LogP contribution >= 0.6 is 0 Å². The van der Waals surface area contributed by atoms with Crippen LogP contribution in [-0.2, 0) is 40.6 Å². The zero-order chi connectivity index (χ0) is 29.5.